The molecule has 2 aromatic carbocycles. The fourth-order valence-corrected chi connectivity index (χ4v) is 4.64. The Hall–Kier alpha value is -2.64. The van der Waals surface area contributed by atoms with Crippen molar-refractivity contribution >= 4 is 27.7 Å². The Morgan fingerprint density at radius 1 is 1.00 bits per heavy atom. The van der Waals surface area contributed by atoms with E-state index < -0.39 is 10.0 Å². The highest BCUT2D eigenvalue weighted by atomic mass is 32.2. The van der Waals surface area contributed by atoms with E-state index in [4.69, 9.17) is 0 Å². The van der Waals surface area contributed by atoms with Gasteiger partial charge in [0.15, 0.2) is 0 Å². The SMILES string of the molecule is CCCN(C)c1ccc(C(=O)N2CCN(S(=O)(=O)/C=C/c3ccccc3)CC2)cc1. The highest BCUT2D eigenvalue weighted by molar-refractivity contribution is 7.92. The highest BCUT2D eigenvalue weighted by Crippen LogP contribution is 2.17. The van der Waals surface area contributed by atoms with Gasteiger partial charge in [-0.05, 0) is 42.3 Å². The van der Waals surface area contributed by atoms with E-state index in [2.05, 4.69) is 11.8 Å². The van der Waals surface area contributed by atoms with Crippen LogP contribution in [0.2, 0.25) is 0 Å². The van der Waals surface area contributed by atoms with Crippen molar-refractivity contribution in [2.45, 2.75) is 13.3 Å². The van der Waals surface area contributed by atoms with Crippen LogP contribution in [0.15, 0.2) is 60.0 Å². The summed E-state index contributed by atoms with van der Waals surface area (Å²) in [6.07, 6.45) is 2.66. The van der Waals surface area contributed by atoms with Crippen LogP contribution in [0, 0.1) is 0 Å². The Kier molecular flexibility index (Phi) is 7.29. The van der Waals surface area contributed by atoms with Crippen molar-refractivity contribution < 1.29 is 13.2 Å². The number of piperazine rings is 1. The number of carbonyl (C=O) groups excluding carboxylic acids is 1. The Morgan fingerprint density at radius 2 is 1.63 bits per heavy atom. The van der Waals surface area contributed by atoms with Crippen LogP contribution in [0.4, 0.5) is 5.69 Å². The van der Waals surface area contributed by atoms with Gasteiger partial charge in [0, 0.05) is 56.4 Å². The molecule has 1 fully saturated rings. The summed E-state index contributed by atoms with van der Waals surface area (Å²) < 4.78 is 26.6. The van der Waals surface area contributed by atoms with Gasteiger partial charge >= 0.3 is 0 Å². The molecule has 0 radical (unpaired) electrons. The zero-order chi connectivity index (χ0) is 21.6. The van der Waals surface area contributed by atoms with Gasteiger partial charge in [-0.2, -0.15) is 4.31 Å². The van der Waals surface area contributed by atoms with Gasteiger partial charge in [-0.25, -0.2) is 8.42 Å². The lowest BCUT2D eigenvalue weighted by Crippen LogP contribution is -2.50. The number of amides is 1. The molecule has 0 spiro atoms. The summed E-state index contributed by atoms with van der Waals surface area (Å²) in [4.78, 5) is 16.7. The van der Waals surface area contributed by atoms with Crippen LogP contribution < -0.4 is 4.90 Å². The van der Waals surface area contributed by atoms with E-state index in [9.17, 15) is 13.2 Å². The quantitative estimate of drug-likeness (QED) is 0.680. The molecule has 1 aliphatic heterocycles. The maximum absolute atomic E-state index is 12.8. The fourth-order valence-electron chi connectivity index (χ4n) is 3.47. The molecular weight excluding hydrogens is 398 g/mol. The molecule has 7 heteroatoms. The van der Waals surface area contributed by atoms with Gasteiger partial charge in [-0.1, -0.05) is 37.3 Å². The number of nitrogens with zero attached hydrogens (tertiary/aromatic N) is 3. The first-order valence-corrected chi connectivity index (χ1v) is 11.7. The van der Waals surface area contributed by atoms with Gasteiger partial charge in [0.2, 0.25) is 10.0 Å². The van der Waals surface area contributed by atoms with Crippen LogP contribution in [-0.4, -0.2) is 63.3 Å². The normalized spacial score (nSPS) is 15.5. The molecule has 0 atom stereocenters. The predicted molar refractivity (Wildman–Crippen MR) is 122 cm³/mol. The van der Waals surface area contributed by atoms with E-state index >= 15 is 0 Å². The number of carbonyl (C=O) groups is 1. The third kappa shape index (κ3) is 5.49. The van der Waals surface area contributed by atoms with Gasteiger partial charge in [0.25, 0.3) is 5.91 Å². The largest absolute Gasteiger partial charge is 0.375 e. The van der Waals surface area contributed by atoms with E-state index in [-0.39, 0.29) is 5.91 Å². The molecule has 1 saturated heterocycles. The van der Waals surface area contributed by atoms with E-state index in [1.54, 1.807) is 11.0 Å². The fraction of sp³-hybridized carbons (Fsp3) is 0.348. The second kappa shape index (κ2) is 9.91. The van der Waals surface area contributed by atoms with Crippen molar-refractivity contribution in [3.63, 3.8) is 0 Å². The molecular formula is C23H29N3O3S. The third-order valence-electron chi connectivity index (χ3n) is 5.23. The van der Waals surface area contributed by atoms with Crippen LogP contribution in [0.3, 0.4) is 0 Å². The molecule has 1 amide bonds. The number of hydrogen-bond donors (Lipinski definition) is 0. The Balaban J connectivity index is 1.58. The first kappa shape index (κ1) is 22.1. The molecule has 0 aliphatic carbocycles. The lowest BCUT2D eigenvalue weighted by molar-refractivity contribution is 0.0698. The maximum Gasteiger partial charge on any atom is 0.253 e. The van der Waals surface area contributed by atoms with Crippen LogP contribution in [0.1, 0.15) is 29.3 Å². The highest BCUT2D eigenvalue weighted by Gasteiger charge is 2.27. The molecule has 0 unspecified atom stereocenters. The lowest BCUT2D eigenvalue weighted by Gasteiger charge is -2.33. The van der Waals surface area contributed by atoms with Gasteiger partial charge in [0.05, 0.1) is 0 Å². The molecule has 1 heterocycles. The third-order valence-corrected chi connectivity index (χ3v) is 6.80. The number of benzene rings is 2. The summed E-state index contributed by atoms with van der Waals surface area (Å²) in [5, 5.41) is 1.24. The average molecular weight is 428 g/mol. The summed E-state index contributed by atoms with van der Waals surface area (Å²) in [5.74, 6) is -0.0587. The van der Waals surface area contributed by atoms with Crippen LogP contribution in [0.25, 0.3) is 6.08 Å². The van der Waals surface area contributed by atoms with Crippen LogP contribution in [0.5, 0.6) is 0 Å². The number of hydrogen-bond acceptors (Lipinski definition) is 4. The number of sulfonamides is 1. The molecule has 0 saturated carbocycles. The standard InChI is InChI=1S/C23H29N3O3S/c1-3-14-24(2)22-11-9-21(10-12-22)23(27)25-15-17-26(18-16-25)30(28,29)19-13-20-7-5-4-6-8-20/h4-13,19H,3,14-18H2,1-2H3/b19-13+. The summed E-state index contributed by atoms with van der Waals surface area (Å²) in [6, 6.07) is 16.9. The molecule has 6 nitrogen and oxygen atoms in total. The summed E-state index contributed by atoms with van der Waals surface area (Å²) in [5.41, 5.74) is 2.54. The average Bonchev–Trinajstić information content (AvgIpc) is 2.78. The van der Waals surface area contributed by atoms with Gasteiger partial charge < -0.3 is 9.80 Å². The second-order valence-electron chi connectivity index (χ2n) is 7.42. The zero-order valence-corrected chi connectivity index (χ0v) is 18.4. The summed E-state index contributed by atoms with van der Waals surface area (Å²) >= 11 is 0. The number of rotatable bonds is 7. The van der Waals surface area contributed by atoms with E-state index in [0.29, 0.717) is 31.7 Å². The number of anilines is 1. The molecule has 1 aliphatic rings. The first-order chi connectivity index (χ1) is 14.4. The van der Waals surface area contributed by atoms with Crippen LogP contribution in [-0.2, 0) is 10.0 Å². The first-order valence-electron chi connectivity index (χ1n) is 10.2. The molecule has 0 bridgehead atoms. The minimum Gasteiger partial charge on any atom is -0.375 e. The Bertz CT molecular complexity index is 965. The molecule has 30 heavy (non-hydrogen) atoms. The van der Waals surface area contributed by atoms with Crippen molar-refractivity contribution in [3.05, 3.63) is 71.1 Å². The predicted octanol–water partition coefficient (Wildman–Crippen LogP) is 3.29. The van der Waals surface area contributed by atoms with E-state index in [1.807, 2.05) is 61.6 Å². The molecule has 0 aromatic heterocycles. The van der Waals surface area contributed by atoms with Crippen molar-refractivity contribution in [2.75, 3.05) is 44.7 Å². The van der Waals surface area contributed by atoms with Crippen molar-refractivity contribution in [2.24, 2.45) is 0 Å². The minimum atomic E-state index is -3.51. The minimum absolute atomic E-state index is 0.0587. The van der Waals surface area contributed by atoms with Crippen molar-refractivity contribution in [3.8, 4) is 0 Å². The Labute approximate surface area is 179 Å². The Morgan fingerprint density at radius 3 is 2.23 bits per heavy atom. The van der Waals surface area contributed by atoms with Gasteiger partial charge in [-0.15, -0.1) is 0 Å². The topological polar surface area (TPSA) is 60.9 Å². The smallest absolute Gasteiger partial charge is 0.253 e. The molecule has 3 rings (SSSR count). The maximum atomic E-state index is 12.8. The molecule has 2 aromatic rings. The summed E-state index contributed by atoms with van der Waals surface area (Å²) in [7, 11) is -1.47. The van der Waals surface area contributed by atoms with Gasteiger partial charge in [0.1, 0.15) is 0 Å². The summed E-state index contributed by atoms with van der Waals surface area (Å²) in [6.45, 7) is 4.45. The van der Waals surface area contributed by atoms with E-state index in [1.165, 1.54) is 9.71 Å². The van der Waals surface area contributed by atoms with E-state index in [0.717, 1.165) is 24.2 Å². The van der Waals surface area contributed by atoms with Crippen LogP contribution >= 0.6 is 0 Å². The monoisotopic (exact) mass is 427 g/mol. The molecule has 0 N–H and O–H groups in total. The lowest BCUT2D eigenvalue weighted by atomic mass is 10.1. The zero-order valence-electron chi connectivity index (χ0n) is 17.6. The van der Waals surface area contributed by atoms with Crippen molar-refractivity contribution in [1.29, 1.82) is 0 Å². The molecule has 160 valence electrons. The van der Waals surface area contributed by atoms with Crippen molar-refractivity contribution in [1.82, 2.24) is 9.21 Å². The second-order valence-corrected chi connectivity index (χ2v) is 9.24. The van der Waals surface area contributed by atoms with Gasteiger partial charge in [-0.3, -0.25) is 4.79 Å².